The third kappa shape index (κ3) is 5.87. The van der Waals surface area contributed by atoms with Crippen LogP contribution in [0.3, 0.4) is 0 Å². The highest BCUT2D eigenvalue weighted by atomic mass is 127. The van der Waals surface area contributed by atoms with E-state index in [-0.39, 0.29) is 10.3 Å². The Morgan fingerprint density at radius 1 is 1.39 bits per heavy atom. The van der Waals surface area contributed by atoms with Crippen molar-refractivity contribution in [2.24, 2.45) is 10.9 Å². The maximum Gasteiger partial charge on any atom is 0.175 e. The molecule has 6 nitrogen and oxygen atoms in total. The van der Waals surface area contributed by atoms with Gasteiger partial charge in [-0.2, -0.15) is 0 Å². The van der Waals surface area contributed by atoms with Crippen LogP contribution in [0.2, 0.25) is 0 Å². The first-order valence-electron chi connectivity index (χ1n) is 9.23. The molecule has 28 heavy (non-hydrogen) atoms. The second-order valence-corrected chi connectivity index (χ2v) is 9.03. The molecule has 1 aromatic rings. The van der Waals surface area contributed by atoms with E-state index in [1.165, 1.54) is 18.4 Å². The predicted octanol–water partition coefficient (Wildman–Crippen LogP) is 4.02. The minimum Gasteiger partial charge on any atom is -0.497 e. The van der Waals surface area contributed by atoms with E-state index in [2.05, 4.69) is 72.5 Å². The van der Waals surface area contributed by atoms with E-state index >= 15 is 0 Å². The molecule has 3 N–H and O–H groups in total. The monoisotopic (exact) mass is 560 g/mol. The van der Waals surface area contributed by atoms with Crippen molar-refractivity contribution in [1.29, 1.82) is 0 Å². The number of hydrogen-bond acceptors (Lipinski definition) is 6. The van der Waals surface area contributed by atoms with E-state index in [1.54, 1.807) is 14.2 Å². The first-order chi connectivity index (χ1) is 13.5. The molecule has 0 saturated heterocycles. The molecule has 0 aromatic heterocycles. The summed E-state index contributed by atoms with van der Waals surface area (Å²) in [5.41, 5.74) is 2.48. The number of aliphatic imine (C=N–C) groups is 1. The van der Waals surface area contributed by atoms with Crippen molar-refractivity contribution in [2.75, 3.05) is 14.2 Å². The lowest BCUT2D eigenvalue weighted by Gasteiger charge is -2.26. The summed E-state index contributed by atoms with van der Waals surface area (Å²) < 4.78 is 11.9. The van der Waals surface area contributed by atoms with Crippen LogP contribution in [0.5, 0.6) is 11.5 Å². The molecule has 0 radical (unpaired) electrons. The van der Waals surface area contributed by atoms with Crippen LogP contribution < -0.4 is 25.4 Å². The molecule has 1 aromatic carbocycles. The average molecular weight is 561 g/mol. The van der Waals surface area contributed by atoms with Gasteiger partial charge < -0.3 is 20.1 Å². The van der Waals surface area contributed by atoms with Gasteiger partial charge in [0.2, 0.25) is 0 Å². The number of ether oxygens (including phenoxy) is 2. The lowest BCUT2D eigenvalue weighted by molar-refractivity contribution is 0.391. The molecule has 1 saturated carbocycles. The van der Waals surface area contributed by atoms with Crippen molar-refractivity contribution in [3.8, 4) is 11.5 Å². The number of rotatable bonds is 9. The SMILES string of the molecule is COc1ccc(OC)c(CNC2N=CC(Br)=C(NC(I)/C=C(\C)C3CC3)N2)c1. The molecule has 0 amide bonds. The predicted molar refractivity (Wildman–Crippen MR) is 125 cm³/mol. The van der Waals surface area contributed by atoms with Gasteiger partial charge in [-0.1, -0.05) is 34.2 Å². The molecule has 3 rings (SSSR count). The molecular weight excluding hydrogens is 535 g/mol. The van der Waals surface area contributed by atoms with Crippen LogP contribution in [0.15, 0.2) is 45.1 Å². The van der Waals surface area contributed by atoms with Gasteiger partial charge in [0.25, 0.3) is 0 Å². The average Bonchev–Trinajstić information content (AvgIpc) is 3.53. The van der Waals surface area contributed by atoms with Crippen LogP contribution in [0.4, 0.5) is 0 Å². The van der Waals surface area contributed by atoms with Crippen molar-refractivity contribution in [3.63, 3.8) is 0 Å². The van der Waals surface area contributed by atoms with Gasteiger partial charge in [0.1, 0.15) is 17.3 Å². The van der Waals surface area contributed by atoms with Crippen LogP contribution >= 0.6 is 38.5 Å². The van der Waals surface area contributed by atoms with Crippen molar-refractivity contribution >= 4 is 44.7 Å². The Kier molecular flexibility index (Phi) is 7.64. The third-order valence-corrected chi connectivity index (χ3v) is 6.02. The van der Waals surface area contributed by atoms with Gasteiger partial charge >= 0.3 is 0 Å². The fourth-order valence-corrected chi connectivity index (χ4v) is 4.20. The van der Waals surface area contributed by atoms with E-state index in [0.29, 0.717) is 6.54 Å². The minimum absolute atomic E-state index is 0.207. The van der Waals surface area contributed by atoms with E-state index in [1.807, 2.05) is 24.4 Å². The van der Waals surface area contributed by atoms with Crippen molar-refractivity contribution < 1.29 is 9.47 Å². The van der Waals surface area contributed by atoms with Gasteiger partial charge in [-0.3, -0.25) is 10.3 Å². The summed E-state index contributed by atoms with van der Waals surface area (Å²) in [6.45, 7) is 2.81. The second kappa shape index (κ2) is 9.98. The molecule has 1 heterocycles. The Labute approximate surface area is 188 Å². The molecule has 2 aliphatic rings. The standard InChI is InChI=1S/C20H26BrIN4O2/c1-12(13-4-5-13)8-18(22)25-19-16(21)11-24-20(26-19)23-10-14-9-15(27-2)6-7-17(14)28-3/h6-9,11,13,18,20,23,25-26H,4-5,10H2,1-3H3/b12-8+. The highest BCUT2D eigenvalue weighted by molar-refractivity contribution is 14.1. The summed E-state index contributed by atoms with van der Waals surface area (Å²) >= 11 is 5.98. The summed E-state index contributed by atoms with van der Waals surface area (Å²) in [6.07, 6.45) is 6.52. The smallest absolute Gasteiger partial charge is 0.175 e. The van der Waals surface area contributed by atoms with Crippen LogP contribution in [-0.2, 0) is 6.54 Å². The number of nitrogens with one attached hydrogen (secondary N) is 3. The summed E-state index contributed by atoms with van der Waals surface area (Å²) in [5.74, 6) is 3.32. The zero-order valence-electron chi connectivity index (χ0n) is 16.3. The zero-order chi connectivity index (χ0) is 20.1. The van der Waals surface area contributed by atoms with Crippen molar-refractivity contribution in [2.45, 2.75) is 36.6 Å². The minimum atomic E-state index is -0.239. The maximum atomic E-state index is 5.45. The van der Waals surface area contributed by atoms with Crippen LogP contribution in [0, 0.1) is 5.92 Å². The molecule has 152 valence electrons. The molecule has 2 atom stereocenters. The van der Waals surface area contributed by atoms with E-state index in [9.17, 15) is 0 Å². The molecule has 1 aliphatic carbocycles. The van der Waals surface area contributed by atoms with E-state index in [0.717, 1.165) is 33.3 Å². The molecule has 0 spiro atoms. The Bertz CT molecular complexity index is 792. The Hall–Kier alpha value is -1.26. The largest absolute Gasteiger partial charge is 0.497 e. The second-order valence-electron chi connectivity index (χ2n) is 6.84. The Morgan fingerprint density at radius 3 is 2.86 bits per heavy atom. The summed E-state index contributed by atoms with van der Waals surface area (Å²) in [5, 5.41) is 10.3. The fraction of sp³-hybridized carbons (Fsp3) is 0.450. The topological polar surface area (TPSA) is 66.9 Å². The number of halogens is 2. The molecular formula is C20H26BrIN4O2. The fourth-order valence-electron chi connectivity index (χ4n) is 2.97. The zero-order valence-corrected chi connectivity index (χ0v) is 20.0. The van der Waals surface area contributed by atoms with Gasteiger partial charge in [0.15, 0.2) is 6.29 Å². The first kappa shape index (κ1) is 21.4. The summed E-state index contributed by atoms with van der Waals surface area (Å²) in [6, 6.07) is 5.76. The maximum absolute atomic E-state index is 5.45. The highest BCUT2D eigenvalue weighted by Crippen LogP contribution is 2.36. The molecule has 2 unspecified atom stereocenters. The van der Waals surface area contributed by atoms with E-state index in [4.69, 9.17) is 9.47 Å². The molecule has 1 aliphatic heterocycles. The van der Waals surface area contributed by atoms with Crippen molar-refractivity contribution in [1.82, 2.24) is 16.0 Å². The van der Waals surface area contributed by atoms with Gasteiger partial charge in [-0.05, 0) is 59.8 Å². The van der Waals surface area contributed by atoms with Crippen LogP contribution in [0.1, 0.15) is 25.3 Å². The van der Waals surface area contributed by atoms with Gasteiger partial charge in [-0.15, -0.1) is 0 Å². The van der Waals surface area contributed by atoms with Gasteiger partial charge in [0, 0.05) is 18.3 Å². The first-order valence-corrected chi connectivity index (χ1v) is 11.3. The number of methoxy groups -OCH3 is 2. The molecule has 1 fully saturated rings. The van der Waals surface area contributed by atoms with Gasteiger partial charge in [0.05, 0.1) is 22.8 Å². The Morgan fingerprint density at radius 2 is 2.18 bits per heavy atom. The number of nitrogens with zero attached hydrogens (tertiary/aromatic N) is 1. The molecule has 8 heteroatoms. The summed E-state index contributed by atoms with van der Waals surface area (Å²) in [7, 11) is 3.33. The van der Waals surface area contributed by atoms with Gasteiger partial charge in [-0.25, -0.2) is 0 Å². The van der Waals surface area contributed by atoms with Crippen LogP contribution in [-0.4, -0.2) is 30.8 Å². The Balaban J connectivity index is 1.58. The highest BCUT2D eigenvalue weighted by Gasteiger charge is 2.24. The lowest BCUT2D eigenvalue weighted by atomic mass is 10.2. The number of hydrogen-bond donors (Lipinski definition) is 3. The number of alkyl halides is 1. The third-order valence-electron chi connectivity index (χ3n) is 4.74. The number of allylic oxidation sites excluding steroid dienone is 2. The quantitative estimate of drug-likeness (QED) is 0.184. The van der Waals surface area contributed by atoms with Crippen molar-refractivity contribution in [3.05, 3.63) is 45.7 Å². The van der Waals surface area contributed by atoms with Crippen LogP contribution in [0.25, 0.3) is 0 Å². The normalized spacial score (nSPS) is 20.6. The molecule has 0 bridgehead atoms. The lowest BCUT2D eigenvalue weighted by Crippen LogP contribution is -2.46. The summed E-state index contributed by atoms with van der Waals surface area (Å²) in [4.78, 5) is 4.50. The number of benzene rings is 1. The van der Waals surface area contributed by atoms with E-state index < -0.39 is 0 Å².